The summed E-state index contributed by atoms with van der Waals surface area (Å²) in [6.45, 7) is 15.1. The van der Waals surface area contributed by atoms with Crippen molar-refractivity contribution in [1.29, 1.82) is 0 Å². The second kappa shape index (κ2) is 4.19. The molecule has 0 saturated carbocycles. The lowest BCUT2D eigenvalue weighted by atomic mass is 9.64. The molecule has 3 heteroatoms. The molecule has 0 unspecified atom stereocenters. The Morgan fingerprint density at radius 1 is 1.07 bits per heavy atom. The van der Waals surface area contributed by atoms with Crippen molar-refractivity contribution in [2.75, 3.05) is 0 Å². The lowest BCUT2D eigenvalue weighted by Gasteiger charge is -2.44. The smallest absolute Gasteiger partial charge is 0.200 e. The van der Waals surface area contributed by atoms with Gasteiger partial charge in [-0.15, -0.1) is 0 Å². The summed E-state index contributed by atoms with van der Waals surface area (Å²) in [6.07, 6.45) is 0.895. The molecule has 0 aliphatic carbocycles. The van der Waals surface area contributed by atoms with E-state index in [2.05, 4.69) is 39.9 Å². The highest BCUT2D eigenvalue weighted by Gasteiger charge is 2.37. The van der Waals surface area contributed by atoms with Crippen LogP contribution in [-0.2, 0) is 0 Å². The third-order valence-corrected chi connectivity index (χ3v) is 3.38. The zero-order valence-electron chi connectivity index (χ0n) is 11.2. The van der Waals surface area contributed by atoms with Gasteiger partial charge in [0.25, 0.3) is 0 Å². The number of rotatable bonds is 3. The molecule has 0 bridgehead atoms. The highest BCUT2D eigenvalue weighted by atomic mass is 16.1. The van der Waals surface area contributed by atoms with E-state index in [1.165, 1.54) is 0 Å². The average Bonchev–Trinajstić information content (AvgIpc) is 1.75. The van der Waals surface area contributed by atoms with Crippen molar-refractivity contribution in [3.63, 3.8) is 0 Å². The molecule has 0 heterocycles. The number of hydrogen-bond acceptors (Lipinski definition) is 1. The van der Waals surface area contributed by atoms with E-state index in [-0.39, 0.29) is 16.4 Å². The minimum Gasteiger partial charge on any atom is -0.361 e. The van der Waals surface area contributed by atoms with Gasteiger partial charge < -0.3 is 5.32 Å². The Bertz CT molecular complexity index is 238. The Morgan fingerprint density at radius 2 is 1.47 bits per heavy atom. The maximum Gasteiger partial charge on any atom is 0.200 e. The fraction of sp³-hybridized carbons (Fsp3) is 0.917. The largest absolute Gasteiger partial charge is 0.361 e. The van der Waals surface area contributed by atoms with Crippen LogP contribution >= 0.6 is 0 Å². The summed E-state index contributed by atoms with van der Waals surface area (Å²) in [5.41, 5.74) is 0.0746. The van der Waals surface area contributed by atoms with Gasteiger partial charge in [-0.05, 0) is 31.1 Å². The molecule has 1 amide bonds. The molecule has 0 aliphatic heterocycles. The lowest BCUT2D eigenvalue weighted by molar-refractivity contribution is 0.0866. The summed E-state index contributed by atoms with van der Waals surface area (Å²) < 4.78 is 0. The van der Waals surface area contributed by atoms with E-state index in [0.717, 1.165) is 6.42 Å². The summed E-state index contributed by atoms with van der Waals surface area (Å²) in [7, 11) is 5.16. The Kier molecular flexibility index (Phi) is 4.06. The van der Waals surface area contributed by atoms with Crippen LogP contribution in [-0.4, -0.2) is 19.2 Å². The van der Waals surface area contributed by atoms with Crippen molar-refractivity contribution in [1.82, 2.24) is 5.32 Å². The second-order valence-corrected chi connectivity index (χ2v) is 6.68. The molecule has 2 nitrogen and oxygen atoms in total. The molecule has 0 fully saturated rings. The van der Waals surface area contributed by atoms with E-state index in [1.54, 1.807) is 0 Å². The molecule has 2 radical (unpaired) electrons. The van der Waals surface area contributed by atoms with Crippen molar-refractivity contribution in [2.45, 2.75) is 60.4 Å². The Hall–Kier alpha value is -0.465. The SMILES string of the molecule is [B]C(=O)NC(C)(C)CC(C)(C)C(C)(C)C. The first-order valence-electron chi connectivity index (χ1n) is 5.45. The molecule has 0 spiro atoms. The molecule has 0 aromatic rings. The van der Waals surface area contributed by atoms with E-state index in [4.69, 9.17) is 7.85 Å². The molecule has 0 aromatic carbocycles. The van der Waals surface area contributed by atoms with Gasteiger partial charge in [0.05, 0.1) is 0 Å². The molecule has 86 valence electrons. The zero-order valence-corrected chi connectivity index (χ0v) is 11.2. The number of hydrogen-bond donors (Lipinski definition) is 1. The van der Waals surface area contributed by atoms with E-state index >= 15 is 0 Å². The number of amides is 1. The van der Waals surface area contributed by atoms with Gasteiger partial charge >= 0.3 is 0 Å². The third-order valence-electron chi connectivity index (χ3n) is 3.38. The van der Waals surface area contributed by atoms with Crippen molar-refractivity contribution in [3.8, 4) is 0 Å². The molecule has 1 N–H and O–H groups in total. The van der Waals surface area contributed by atoms with Crippen LogP contribution in [0.15, 0.2) is 0 Å². The Morgan fingerprint density at radius 3 is 1.73 bits per heavy atom. The molecular formula is C12H24BNO. The van der Waals surface area contributed by atoms with Crippen LogP contribution in [0.25, 0.3) is 0 Å². The van der Waals surface area contributed by atoms with E-state index in [1.807, 2.05) is 13.8 Å². The quantitative estimate of drug-likeness (QED) is 0.711. The first kappa shape index (κ1) is 14.5. The maximum atomic E-state index is 10.9. The van der Waals surface area contributed by atoms with Crippen LogP contribution in [0, 0.1) is 10.8 Å². The van der Waals surface area contributed by atoms with Crippen molar-refractivity contribution in [3.05, 3.63) is 0 Å². The van der Waals surface area contributed by atoms with Crippen LogP contribution < -0.4 is 5.32 Å². The summed E-state index contributed by atoms with van der Waals surface area (Å²) >= 11 is 0. The van der Waals surface area contributed by atoms with Gasteiger partial charge in [-0.2, -0.15) is 0 Å². The van der Waals surface area contributed by atoms with Crippen LogP contribution in [0.2, 0.25) is 0 Å². The predicted octanol–water partition coefficient (Wildman–Crippen LogP) is 3.11. The van der Waals surface area contributed by atoms with Crippen molar-refractivity contribution in [2.24, 2.45) is 10.8 Å². The maximum absolute atomic E-state index is 10.9. The van der Waals surface area contributed by atoms with E-state index in [9.17, 15) is 4.79 Å². The van der Waals surface area contributed by atoms with E-state index in [0.29, 0.717) is 0 Å². The fourth-order valence-corrected chi connectivity index (χ4v) is 1.75. The zero-order chi connectivity index (χ0) is 12.5. The summed E-state index contributed by atoms with van der Waals surface area (Å²) in [6, 6.07) is 0. The minimum absolute atomic E-state index is 0.138. The van der Waals surface area contributed by atoms with Crippen LogP contribution in [0.5, 0.6) is 0 Å². The Labute approximate surface area is 95.6 Å². The van der Waals surface area contributed by atoms with Gasteiger partial charge in [0.1, 0.15) is 0 Å². The Balaban J connectivity index is 4.64. The first-order chi connectivity index (χ1) is 6.37. The molecule has 0 rings (SSSR count). The monoisotopic (exact) mass is 209 g/mol. The average molecular weight is 209 g/mol. The van der Waals surface area contributed by atoms with Gasteiger partial charge in [0.15, 0.2) is 5.81 Å². The number of carbonyl (C=O) groups excluding carboxylic acids is 1. The third kappa shape index (κ3) is 4.72. The number of carbonyl (C=O) groups is 1. The molecule has 0 atom stereocenters. The topological polar surface area (TPSA) is 29.1 Å². The van der Waals surface area contributed by atoms with Crippen LogP contribution in [0.1, 0.15) is 54.9 Å². The molecule has 0 aromatic heterocycles. The van der Waals surface area contributed by atoms with Crippen molar-refractivity contribution >= 4 is 13.7 Å². The summed E-state index contributed by atoms with van der Waals surface area (Å²) in [5, 5.41) is 2.79. The highest BCUT2D eigenvalue weighted by molar-refractivity contribution is 6.57. The summed E-state index contributed by atoms with van der Waals surface area (Å²) in [4.78, 5) is 10.9. The normalized spacial score (nSPS) is 13.8. The fourth-order valence-electron chi connectivity index (χ4n) is 1.75. The van der Waals surface area contributed by atoms with Crippen LogP contribution in [0.4, 0.5) is 4.79 Å². The van der Waals surface area contributed by atoms with Gasteiger partial charge in [-0.3, -0.25) is 4.79 Å². The molecule has 0 saturated heterocycles. The summed E-state index contributed by atoms with van der Waals surface area (Å²) in [5.74, 6) is -0.454. The van der Waals surface area contributed by atoms with E-state index < -0.39 is 5.81 Å². The molecule has 15 heavy (non-hydrogen) atoms. The van der Waals surface area contributed by atoms with Gasteiger partial charge in [-0.1, -0.05) is 34.6 Å². The molecule has 0 aliphatic rings. The predicted molar refractivity (Wildman–Crippen MR) is 66.2 cm³/mol. The number of nitrogens with one attached hydrogen (secondary N) is 1. The standard InChI is InChI=1S/C12H24BNO/c1-10(2,3)11(4,5)8-12(6,7)14-9(13)15/h8H2,1-7H3,(H,14,15). The highest BCUT2D eigenvalue weighted by Crippen LogP contribution is 2.43. The first-order valence-corrected chi connectivity index (χ1v) is 5.45. The van der Waals surface area contributed by atoms with Crippen molar-refractivity contribution < 1.29 is 4.79 Å². The van der Waals surface area contributed by atoms with Gasteiger partial charge in [0, 0.05) is 5.54 Å². The van der Waals surface area contributed by atoms with Gasteiger partial charge in [0.2, 0.25) is 7.85 Å². The lowest BCUT2D eigenvalue weighted by Crippen LogP contribution is -2.48. The minimum atomic E-state index is -0.454. The molecular weight excluding hydrogens is 185 g/mol. The second-order valence-electron chi connectivity index (χ2n) is 6.68. The van der Waals surface area contributed by atoms with Crippen LogP contribution in [0.3, 0.4) is 0 Å². The van der Waals surface area contributed by atoms with Gasteiger partial charge in [-0.25, -0.2) is 0 Å².